The van der Waals surface area contributed by atoms with E-state index in [-0.39, 0.29) is 30.2 Å². The van der Waals surface area contributed by atoms with Crippen molar-refractivity contribution < 1.29 is 14.4 Å². The predicted molar refractivity (Wildman–Crippen MR) is 125 cm³/mol. The molecule has 0 radical (unpaired) electrons. The number of likely N-dealkylation sites (tertiary alicyclic amines) is 1. The Morgan fingerprint density at radius 2 is 2.00 bits per heavy atom. The molecule has 2 aromatic rings. The Bertz CT molecular complexity index is 1080. The Morgan fingerprint density at radius 3 is 2.76 bits per heavy atom. The van der Waals surface area contributed by atoms with Crippen LogP contribution in [0.5, 0.6) is 0 Å². The summed E-state index contributed by atoms with van der Waals surface area (Å²) in [5.74, 6) is 1.21. The van der Waals surface area contributed by atoms with E-state index >= 15 is 0 Å². The van der Waals surface area contributed by atoms with Gasteiger partial charge in [-0.15, -0.1) is 0 Å². The molecule has 8 heteroatoms. The fourth-order valence-corrected chi connectivity index (χ4v) is 4.63. The van der Waals surface area contributed by atoms with Gasteiger partial charge in [-0.25, -0.2) is 9.97 Å². The van der Waals surface area contributed by atoms with E-state index in [0.29, 0.717) is 38.3 Å². The van der Waals surface area contributed by atoms with Crippen LogP contribution in [0, 0.1) is 13.8 Å². The van der Waals surface area contributed by atoms with Gasteiger partial charge in [-0.05, 0) is 38.7 Å². The minimum absolute atomic E-state index is 0.00731. The molecule has 1 atom stereocenters. The molecule has 1 N–H and O–H groups in total. The number of hydrogen-bond donors (Lipinski definition) is 1. The molecule has 1 aromatic heterocycles. The standard InChI is InChI=1S/C25H31N5O3/c1-16-5-4-6-19(13-16)9-12-30-22(32)8-7-21-17(2)27-24(28-25(21)30)20-10-11-29(15-20)23(33)14-26-18(3)31/h4-6,13,20H,7-12,14-15H2,1-3H3,(H,26,31)/t20-/m1/s1. The van der Waals surface area contributed by atoms with Crippen molar-refractivity contribution in [1.82, 2.24) is 20.2 Å². The lowest BCUT2D eigenvalue weighted by Crippen LogP contribution is -2.39. The molecule has 8 nitrogen and oxygen atoms in total. The summed E-state index contributed by atoms with van der Waals surface area (Å²) in [6.07, 6.45) is 2.66. The highest BCUT2D eigenvalue weighted by atomic mass is 16.2. The summed E-state index contributed by atoms with van der Waals surface area (Å²) in [5, 5.41) is 2.56. The zero-order chi connectivity index (χ0) is 23.5. The molecule has 3 heterocycles. The van der Waals surface area contributed by atoms with E-state index in [1.54, 1.807) is 4.90 Å². The zero-order valence-corrected chi connectivity index (χ0v) is 19.6. The second kappa shape index (κ2) is 9.68. The number of carbonyl (C=O) groups is 3. The number of hydrogen-bond acceptors (Lipinski definition) is 5. The van der Waals surface area contributed by atoms with Crippen molar-refractivity contribution in [2.75, 3.05) is 31.1 Å². The minimum atomic E-state index is -0.219. The number of aryl methyl sites for hydroxylation is 2. The molecule has 33 heavy (non-hydrogen) atoms. The van der Waals surface area contributed by atoms with Crippen LogP contribution in [0.2, 0.25) is 0 Å². The maximum absolute atomic E-state index is 12.8. The molecule has 2 aliphatic heterocycles. The van der Waals surface area contributed by atoms with Gasteiger partial charge in [0.1, 0.15) is 11.6 Å². The summed E-state index contributed by atoms with van der Waals surface area (Å²) < 4.78 is 0. The zero-order valence-electron chi connectivity index (χ0n) is 19.6. The quantitative estimate of drug-likeness (QED) is 0.728. The van der Waals surface area contributed by atoms with Gasteiger partial charge < -0.3 is 10.2 Å². The topological polar surface area (TPSA) is 95.5 Å². The lowest BCUT2D eigenvalue weighted by Gasteiger charge is -2.30. The van der Waals surface area contributed by atoms with Gasteiger partial charge >= 0.3 is 0 Å². The third-order valence-corrected chi connectivity index (χ3v) is 6.46. The molecule has 0 spiro atoms. The molecule has 0 saturated carbocycles. The first-order valence-corrected chi connectivity index (χ1v) is 11.6. The second-order valence-electron chi connectivity index (χ2n) is 8.99. The molecular formula is C25H31N5O3. The van der Waals surface area contributed by atoms with Crippen LogP contribution in [0.4, 0.5) is 5.82 Å². The molecule has 174 valence electrons. The van der Waals surface area contributed by atoms with Crippen molar-refractivity contribution in [3.05, 3.63) is 52.5 Å². The average molecular weight is 450 g/mol. The summed E-state index contributed by atoms with van der Waals surface area (Å²) in [5.41, 5.74) is 4.35. The van der Waals surface area contributed by atoms with Crippen LogP contribution < -0.4 is 10.2 Å². The van der Waals surface area contributed by atoms with Crippen LogP contribution in [-0.4, -0.2) is 58.8 Å². The van der Waals surface area contributed by atoms with Crippen molar-refractivity contribution in [1.29, 1.82) is 0 Å². The van der Waals surface area contributed by atoms with Gasteiger partial charge in [-0.1, -0.05) is 29.8 Å². The van der Waals surface area contributed by atoms with Crippen molar-refractivity contribution in [3.8, 4) is 0 Å². The van der Waals surface area contributed by atoms with Crippen LogP contribution in [0.25, 0.3) is 0 Å². The minimum Gasteiger partial charge on any atom is -0.347 e. The highest BCUT2D eigenvalue weighted by molar-refractivity contribution is 5.95. The predicted octanol–water partition coefficient (Wildman–Crippen LogP) is 2.07. The molecule has 0 bridgehead atoms. The van der Waals surface area contributed by atoms with Crippen LogP contribution in [0.15, 0.2) is 24.3 Å². The molecule has 1 fully saturated rings. The van der Waals surface area contributed by atoms with E-state index in [0.717, 1.165) is 29.9 Å². The molecule has 0 aliphatic carbocycles. The SMILES string of the molecule is CC(=O)NCC(=O)N1CC[C@@H](c2nc(C)c3c(n2)N(CCc2cccc(C)c2)C(=O)CC3)C1. The van der Waals surface area contributed by atoms with Crippen molar-refractivity contribution in [2.24, 2.45) is 0 Å². The Labute approximate surface area is 194 Å². The number of carbonyl (C=O) groups excluding carboxylic acids is 3. The molecule has 1 saturated heterocycles. The first-order chi connectivity index (χ1) is 15.8. The lowest BCUT2D eigenvalue weighted by atomic mass is 10.0. The van der Waals surface area contributed by atoms with E-state index in [1.165, 1.54) is 18.1 Å². The van der Waals surface area contributed by atoms with Gasteiger partial charge in [0.05, 0.1) is 6.54 Å². The van der Waals surface area contributed by atoms with Crippen LogP contribution in [-0.2, 0) is 27.2 Å². The fourth-order valence-electron chi connectivity index (χ4n) is 4.63. The third kappa shape index (κ3) is 5.21. The lowest BCUT2D eigenvalue weighted by molar-refractivity contribution is -0.131. The maximum Gasteiger partial charge on any atom is 0.241 e. The highest BCUT2D eigenvalue weighted by Gasteiger charge is 2.33. The molecule has 2 aliphatic rings. The monoisotopic (exact) mass is 449 g/mol. The first kappa shape index (κ1) is 22.9. The smallest absolute Gasteiger partial charge is 0.241 e. The fraction of sp³-hybridized carbons (Fsp3) is 0.480. The van der Waals surface area contributed by atoms with Crippen LogP contribution in [0.1, 0.15) is 53.9 Å². The maximum atomic E-state index is 12.8. The first-order valence-electron chi connectivity index (χ1n) is 11.6. The van der Waals surface area contributed by atoms with E-state index in [9.17, 15) is 14.4 Å². The van der Waals surface area contributed by atoms with Crippen LogP contribution >= 0.6 is 0 Å². The number of benzene rings is 1. The Hall–Kier alpha value is -3.29. The molecule has 0 unspecified atom stereocenters. The normalized spacial score (nSPS) is 17.8. The Morgan fingerprint density at radius 1 is 1.18 bits per heavy atom. The molecular weight excluding hydrogens is 418 g/mol. The molecule has 4 rings (SSSR count). The van der Waals surface area contributed by atoms with Crippen molar-refractivity contribution >= 4 is 23.5 Å². The van der Waals surface area contributed by atoms with Gasteiger partial charge in [0.25, 0.3) is 0 Å². The van der Waals surface area contributed by atoms with E-state index < -0.39 is 0 Å². The van der Waals surface area contributed by atoms with Gasteiger partial charge in [-0.2, -0.15) is 0 Å². The number of aromatic nitrogens is 2. The molecule has 3 amide bonds. The summed E-state index contributed by atoms with van der Waals surface area (Å²) >= 11 is 0. The number of nitrogens with zero attached hydrogens (tertiary/aromatic N) is 4. The van der Waals surface area contributed by atoms with Crippen molar-refractivity contribution in [3.63, 3.8) is 0 Å². The van der Waals surface area contributed by atoms with Gasteiger partial charge in [-0.3, -0.25) is 19.3 Å². The summed E-state index contributed by atoms with van der Waals surface area (Å²) in [7, 11) is 0. The van der Waals surface area contributed by atoms with Crippen molar-refractivity contribution in [2.45, 2.75) is 52.4 Å². The second-order valence-corrected chi connectivity index (χ2v) is 8.99. The summed E-state index contributed by atoms with van der Waals surface area (Å²) in [6, 6.07) is 8.35. The number of amides is 3. The highest BCUT2D eigenvalue weighted by Crippen LogP contribution is 2.32. The van der Waals surface area contributed by atoms with Crippen LogP contribution in [0.3, 0.4) is 0 Å². The molecule has 1 aromatic carbocycles. The number of rotatable bonds is 6. The Balaban J connectivity index is 1.52. The van der Waals surface area contributed by atoms with Gasteiger partial charge in [0.2, 0.25) is 17.7 Å². The average Bonchev–Trinajstić information content (AvgIpc) is 3.27. The summed E-state index contributed by atoms with van der Waals surface area (Å²) in [4.78, 5) is 49.5. The largest absolute Gasteiger partial charge is 0.347 e. The third-order valence-electron chi connectivity index (χ3n) is 6.46. The summed E-state index contributed by atoms with van der Waals surface area (Å²) in [6.45, 7) is 7.17. The van der Waals surface area contributed by atoms with Gasteiger partial charge in [0.15, 0.2) is 0 Å². The number of nitrogens with one attached hydrogen (secondary N) is 1. The Kier molecular flexibility index (Phi) is 6.72. The van der Waals surface area contributed by atoms with E-state index in [1.807, 2.05) is 17.9 Å². The number of anilines is 1. The number of fused-ring (bicyclic) bond motifs is 1. The van der Waals surface area contributed by atoms with E-state index in [4.69, 9.17) is 9.97 Å². The van der Waals surface area contributed by atoms with Gasteiger partial charge in [0, 0.05) is 50.2 Å². The van der Waals surface area contributed by atoms with E-state index in [2.05, 4.69) is 30.4 Å².